The maximum Gasteiger partial charge on any atom is 0.232 e. The summed E-state index contributed by atoms with van der Waals surface area (Å²) in [6, 6.07) is 6.69. The highest BCUT2D eigenvalue weighted by Gasteiger charge is 2.18. The molecule has 0 aromatic heterocycles. The number of carbonyl (C=O) groups is 1. The lowest BCUT2D eigenvalue weighted by Gasteiger charge is -2.22. The number of sulfonamides is 1. The molecule has 1 aromatic carbocycles. The highest BCUT2D eigenvalue weighted by atomic mass is 32.2. The van der Waals surface area contributed by atoms with Crippen LogP contribution in [-0.2, 0) is 14.8 Å². The molecule has 1 N–H and O–H groups in total. The van der Waals surface area contributed by atoms with Crippen LogP contribution >= 0.6 is 0 Å². The first-order valence-corrected chi connectivity index (χ1v) is 8.22. The van der Waals surface area contributed by atoms with Crippen molar-refractivity contribution >= 4 is 21.6 Å². The number of amides is 1. The van der Waals surface area contributed by atoms with Crippen molar-refractivity contribution in [2.45, 2.75) is 6.42 Å². The fourth-order valence-corrected chi connectivity index (χ4v) is 2.65. The van der Waals surface area contributed by atoms with E-state index < -0.39 is 10.0 Å². The van der Waals surface area contributed by atoms with Crippen molar-refractivity contribution in [1.29, 1.82) is 0 Å². The maximum absolute atomic E-state index is 11.9. The molecule has 6 nitrogen and oxygen atoms in total. The van der Waals surface area contributed by atoms with Gasteiger partial charge in [-0.25, -0.2) is 8.42 Å². The average molecular weight is 312 g/mol. The Kier molecular flexibility index (Phi) is 6.23. The van der Waals surface area contributed by atoms with E-state index in [4.69, 9.17) is 4.74 Å². The van der Waals surface area contributed by atoms with Gasteiger partial charge in [0, 0.05) is 25.6 Å². The minimum atomic E-state index is -3.48. The number of carbonyl (C=O) groups excluding carboxylic acids is 1. The Morgan fingerprint density at radius 3 is 2.76 bits per heavy atom. The van der Waals surface area contributed by atoms with E-state index in [0.717, 1.165) is 6.26 Å². The number of rotatable bonds is 8. The lowest BCUT2D eigenvalue weighted by molar-refractivity contribution is -0.120. The molecule has 1 rings (SSSR count). The first kappa shape index (κ1) is 17.0. The Morgan fingerprint density at radius 1 is 1.48 bits per heavy atom. The molecule has 0 atom stereocenters. The lowest BCUT2D eigenvalue weighted by Crippen LogP contribution is -2.34. The van der Waals surface area contributed by atoms with Crippen LogP contribution in [0, 0.1) is 0 Å². The number of benzene rings is 1. The zero-order valence-electron chi connectivity index (χ0n) is 12.2. The van der Waals surface area contributed by atoms with Crippen LogP contribution < -0.4 is 14.4 Å². The van der Waals surface area contributed by atoms with Gasteiger partial charge in [0.15, 0.2) is 0 Å². The topological polar surface area (TPSA) is 75.7 Å². The molecule has 0 heterocycles. The quantitative estimate of drug-likeness (QED) is 0.731. The summed E-state index contributed by atoms with van der Waals surface area (Å²) in [7, 11) is -1.97. The van der Waals surface area contributed by atoms with Crippen molar-refractivity contribution in [3.63, 3.8) is 0 Å². The summed E-state index contributed by atoms with van der Waals surface area (Å²) in [6.07, 6.45) is 2.74. The second-order valence-corrected chi connectivity index (χ2v) is 6.29. The zero-order chi connectivity index (χ0) is 15.9. The van der Waals surface area contributed by atoms with Gasteiger partial charge in [-0.3, -0.25) is 9.10 Å². The third kappa shape index (κ3) is 5.47. The molecule has 1 amide bonds. The summed E-state index contributed by atoms with van der Waals surface area (Å²) in [5.74, 6) is 0.323. The summed E-state index contributed by atoms with van der Waals surface area (Å²) in [5, 5.41) is 2.61. The third-order valence-electron chi connectivity index (χ3n) is 2.73. The van der Waals surface area contributed by atoms with E-state index in [1.54, 1.807) is 30.3 Å². The van der Waals surface area contributed by atoms with Gasteiger partial charge in [-0.05, 0) is 12.1 Å². The molecule has 21 heavy (non-hydrogen) atoms. The molecular formula is C14H20N2O4S. The minimum absolute atomic E-state index is 0.0645. The Bertz CT molecular complexity index is 599. The van der Waals surface area contributed by atoms with Crippen LogP contribution in [0.15, 0.2) is 36.9 Å². The van der Waals surface area contributed by atoms with Gasteiger partial charge in [0.1, 0.15) is 5.75 Å². The van der Waals surface area contributed by atoms with Crippen molar-refractivity contribution in [3.8, 4) is 5.75 Å². The monoisotopic (exact) mass is 312 g/mol. The van der Waals surface area contributed by atoms with Crippen LogP contribution in [0.2, 0.25) is 0 Å². The normalized spacial score (nSPS) is 10.8. The summed E-state index contributed by atoms with van der Waals surface area (Å²) in [6.45, 7) is 3.92. The van der Waals surface area contributed by atoms with E-state index in [-0.39, 0.29) is 18.9 Å². The molecule has 0 bridgehead atoms. The van der Waals surface area contributed by atoms with E-state index >= 15 is 0 Å². The van der Waals surface area contributed by atoms with Gasteiger partial charge in [-0.15, -0.1) is 6.58 Å². The van der Waals surface area contributed by atoms with Crippen molar-refractivity contribution in [2.24, 2.45) is 0 Å². The van der Waals surface area contributed by atoms with Gasteiger partial charge < -0.3 is 10.1 Å². The molecule has 0 saturated carbocycles. The van der Waals surface area contributed by atoms with Gasteiger partial charge in [0.05, 0.1) is 19.1 Å². The van der Waals surface area contributed by atoms with E-state index in [1.165, 1.54) is 11.4 Å². The summed E-state index contributed by atoms with van der Waals surface area (Å²) >= 11 is 0. The van der Waals surface area contributed by atoms with Gasteiger partial charge >= 0.3 is 0 Å². The number of anilines is 1. The van der Waals surface area contributed by atoms with Crippen LogP contribution in [0.5, 0.6) is 5.75 Å². The number of nitrogens with one attached hydrogen (secondary N) is 1. The molecule has 0 radical (unpaired) electrons. The molecule has 7 heteroatoms. The largest absolute Gasteiger partial charge is 0.497 e. The van der Waals surface area contributed by atoms with Crippen molar-refractivity contribution in [2.75, 3.05) is 30.8 Å². The fraction of sp³-hybridized carbons (Fsp3) is 0.357. The lowest BCUT2D eigenvalue weighted by atomic mass is 10.3. The van der Waals surface area contributed by atoms with Crippen LogP contribution in [0.4, 0.5) is 5.69 Å². The summed E-state index contributed by atoms with van der Waals surface area (Å²) in [4.78, 5) is 11.6. The number of methoxy groups -OCH3 is 1. The predicted octanol–water partition coefficient (Wildman–Crippen LogP) is 1.15. The van der Waals surface area contributed by atoms with Crippen LogP contribution in [0.3, 0.4) is 0 Å². The predicted molar refractivity (Wildman–Crippen MR) is 83.0 cm³/mol. The molecule has 0 saturated heterocycles. The Morgan fingerprint density at radius 2 is 2.19 bits per heavy atom. The first-order chi connectivity index (χ1) is 9.88. The smallest absolute Gasteiger partial charge is 0.232 e. The molecule has 0 unspecified atom stereocenters. The Hall–Kier alpha value is -2.02. The second-order valence-electron chi connectivity index (χ2n) is 4.38. The van der Waals surface area contributed by atoms with E-state index in [1.807, 2.05) is 0 Å². The third-order valence-corrected chi connectivity index (χ3v) is 3.92. The molecule has 0 aliphatic rings. The van der Waals surface area contributed by atoms with Gasteiger partial charge in [-0.1, -0.05) is 12.1 Å². The first-order valence-electron chi connectivity index (χ1n) is 6.38. The van der Waals surface area contributed by atoms with Gasteiger partial charge in [0.25, 0.3) is 0 Å². The average Bonchev–Trinajstić information content (AvgIpc) is 2.44. The fourth-order valence-electron chi connectivity index (χ4n) is 1.73. The van der Waals surface area contributed by atoms with Crippen LogP contribution in [0.1, 0.15) is 6.42 Å². The van der Waals surface area contributed by atoms with Gasteiger partial charge in [0.2, 0.25) is 15.9 Å². The Balaban J connectivity index is 2.87. The second kappa shape index (κ2) is 7.68. The highest BCUT2D eigenvalue weighted by Crippen LogP contribution is 2.23. The van der Waals surface area contributed by atoms with Gasteiger partial charge in [-0.2, -0.15) is 0 Å². The number of hydrogen-bond donors (Lipinski definition) is 1. The molecular weight excluding hydrogens is 292 g/mol. The van der Waals surface area contributed by atoms with Crippen molar-refractivity contribution < 1.29 is 17.9 Å². The van der Waals surface area contributed by atoms with E-state index in [0.29, 0.717) is 18.0 Å². The summed E-state index contributed by atoms with van der Waals surface area (Å²) < 4.78 is 30.1. The van der Waals surface area contributed by atoms with Crippen LogP contribution in [0.25, 0.3) is 0 Å². The molecule has 0 fully saturated rings. The molecule has 0 aliphatic carbocycles. The molecule has 0 aliphatic heterocycles. The maximum atomic E-state index is 11.9. The van der Waals surface area contributed by atoms with E-state index in [2.05, 4.69) is 11.9 Å². The standard InChI is InChI=1S/C14H20N2O4S/c1-4-9-15-14(17)8-10-16(21(3,18)19)12-6-5-7-13(11-12)20-2/h4-7,11H,1,8-10H2,2-3H3,(H,15,17). The van der Waals surface area contributed by atoms with E-state index in [9.17, 15) is 13.2 Å². The number of ether oxygens (including phenoxy) is 1. The Labute approximate surface area is 125 Å². The number of nitrogens with zero attached hydrogens (tertiary/aromatic N) is 1. The van der Waals surface area contributed by atoms with Crippen molar-refractivity contribution in [1.82, 2.24) is 5.32 Å². The SMILES string of the molecule is C=CCNC(=O)CCN(c1cccc(OC)c1)S(C)(=O)=O. The molecule has 0 spiro atoms. The number of hydrogen-bond acceptors (Lipinski definition) is 4. The van der Waals surface area contributed by atoms with Crippen LogP contribution in [-0.4, -0.2) is 40.8 Å². The minimum Gasteiger partial charge on any atom is -0.497 e. The summed E-state index contributed by atoms with van der Waals surface area (Å²) in [5.41, 5.74) is 0.466. The highest BCUT2D eigenvalue weighted by molar-refractivity contribution is 7.92. The molecule has 116 valence electrons. The zero-order valence-corrected chi connectivity index (χ0v) is 13.0. The van der Waals surface area contributed by atoms with Crippen molar-refractivity contribution in [3.05, 3.63) is 36.9 Å². The molecule has 1 aromatic rings.